The average molecular weight is 647 g/mol. The normalized spacial score (nSPS) is 13.3. The summed E-state index contributed by atoms with van der Waals surface area (Å²) in [6.07, 6.45) is 0.526. The molecule has 1 saturated heterocycles. The molecular formula is C36H28F2N6O4. The van der Waals surface area contributed by atoms with E-state index in [1.807, 2.05) is 0 Å². The molecule has 0 aliphatic carbocycles. The van der Waals surface area contributed by atoms with Crippen molar-refractivity contribution >= 4 is 33.4 Å². The Morgan fingerprint density at radius 2 is 0.958 bits per heavy atom. The predicted octanol–water partition coefficient (Wildman–Crippen LogP) is 4.22. The molecule has 2 aromatic heterocycles. The number of carbonyl (C=O) groups is 2. The van der Waals surface area contributed by atoms with Crippen molar-refractivity contribution in [2.75, 3.05) is 26.2 Å². The van der Waals surface area contributed by atoms with Gasteiger partial charge in [0.05, 0.1) is 33.3 Å². The maximum atomic E-state index is 15.0. The van der Waals surface area contributed by atoms with Crippen molar-refractivity contribution in [2.24, 2.45) is 0 Å². The van der Waals surface area contributed by atoms with Crippen molar-refractivity contribution in [2.45, 2.75) is 12.8 Å². The first-order valence-electron chi connectivity index (χ1n) is 15.3. The van der Waals surface area contributed by atoms with Crippen LogP contribution in [0.4, 0.5) is 8.78 Å². The fourth-order valence-corrected chi connectivity index (χ4v) is 6.15. The number of hydrogen-bond acceptors (Lipinski definition) is 6. The van der Waals surface area contributed by atoms with Crippen molar-refractivity contribution < 1.29 is 18.4 Å². The van der Waals surface area contributed by atoms with Gasteiger partial charge in [-0.05, 0) is 47.5 Å². The van der Waals surface area contributed by atoms with Gasteiger partial charge in [0.1, 0.15) is 11.6 Å². The monoisotopic (exact) mass is 646 g/mol. The van der Waals surface area contributed by atoms with E-state index >= 15 is 0 Å². The summed E-state index contributed by atoms with van der Waals surface area (Å²) in [6, 6.07) is 22.7. The maximum Gasteiger partial charge on any atom is 0.272 e. The van der Waals surface area contributed by atoms with E-state index in [2.05, 4.69) is 20.4 Å². The number of nitrogens with one attached hydrogen (secondary N) is 2. The third-order valence-electron chi connectivity index (χ3n) is 8.67. The fraction of sp³-hybridized carbons (Fsp3) is 0.167. The topological polar surface area (TPSA) is 132 Å². The highest BCUT2D eigenvalue weighted by Gasteiger charge is 2.28. The molecule has 6 aromatic rings. The van der Waals surface area contributed by atoms with Gasteiger partial charge < -0.3 is 9.80 Å². The lowest BCUT2D eigenvalue weighted by atomic mass is 10.0. The highest BCUT2D eigenvalue weighted by molar-refractivity contribution is 5.96. The van der Waals surface area contributed by atoms with Gasteiger partial charge in [-0.15, -0.1) is 0 Å². The number of benzene rings is 4. The molecule has 4 aromatic carbocycles. The molecule has 1 aliphatic heterocycles. The van der Waals surface area contributed by atoms with E-state index in [1.165, 1.54) is 34.1 Å². The van der Waals surface area contributed by atoms with E-state index in [-0.39, 0.29) is 61.3 Å². The summed E-state index contributed by atoms with van der Waals surface area (Å²) in [6.45, 7) is 0.536. The number of H-pyrrole nitrogens is 2. The van der Waals surface area contributed by atoms with Crippen LogP contribution in [0.3, 0.4) is 0 Å². The molecule has 3 heterocycles. The molecule has 0 bridgehead atoms. The number of fused-ring (bicyclic) bond motifs is 2. The van der Waals surface area contributed by atoms with Crippen LogP contribution < -0.4 is 11.1 Å². The number of halogens is 2. The van der Waals surface area contributed by atoms with E-state index in [0.29, 0.717) is 44.1 Å². The van der Waals surface area contributed by atoms with E-state index in [9.17, 15) is 28.0 Å². The van der Waals surface area contributed by atoms with E-state index < -0.39 is 23.4 Å². The third-order valence-corrected chi connectivity index (χ3v) is 8.67. The molecule has 0 atom stereocenters. The van der Waals surface area contributed by atoms with Crippen LogP contribution in [0.25, 0.3) is 21.5 Å². The van der Waals surface area contributed by atoms with Crippen molar-refractivity contribution in [1.82, 2.24) is 30.2 Å². The van der Waals surface area contributed by atoms with Crippen LogP contribution in [0.1, 0.15) is 43.2 Å². The highest BCUT2D eigenvalue weighted by atomic mass is 19.1. The van der Waals surface area contributed by atoms with Gasteiger partial charge in [-0.1, -0.05) is 48.5 Å². The second-order valence-corrected chi connectivity index (χ2v) is 11.7. The molecule has 0 unspecified atom stereocenters. The summed E-state index contributed by atoms with van der Waals surface area (Å²) in [4.78, 5) is 54.2. The van der Waals surface area contributed by atoms with Crippen LogP contribution in [0, 0.1) is 11.6 Å². The molecule has 240 valence electrons. The number of piperazine rings is 1. The summed E-state index contributed by atoms with van der Waals surface area (Å²) in [5, 5.41) is 15.6. The Labute approximate surface area is 271 Å². The summed E-state index contributed by atoms with van der Waals surface area (Å²) in [5.74, 6) is -2.39. The molecule has 1 fully saturated rings. The number of carbonyl (C=O) groups excluding carboxylic acids is 2. The lowest BCUT2D eigenvalue weighted by molar-refractivity contribution is 0.0530. The molecule has 2 amide bonds. The van der Waals surface area contributed by atoms with Gasteiger partial charge in [0, 0.05) is 49.8 Å². The Bertz CT molecular complexity index is 2180. The zero-order chi connectivity index (χ0) is 33.4. The first-order chi connectivity index (χ1) is 23.3. The minimum atomic E-state index is -0.676. The van der Waals surface area contributed by atoms with E-state index in [1.54, 1.807) is 60.7 Å². The van der Waals surface area contributed by atoms with Gasteiger partial charge in [0.25, 0.3) is 22.9 Å². The number of rotatable bonds is 6. The first kappa shape index (κ1) is 30.6. The molecule has 0 spiro atoms. The standard InChI is InChI=1S/C36H28F2N6O4/c37-29-11-9-21(19-31-23-5-1-3-7-25(23)33(45)41-39-31)17-27(29)35(47)43-13-15-44(16-14-43)36(48)28-18-22(10-12-30(28)38)20-32-24-6-2-4-8-26(24)34(46)42-40-32/h1-12,17-18H,13-16,19-20H2,(H,41,45)(H,42,46). The van der Waals surface area contributed by atoms with E-state index in [4.69, 9.17) is 0 Å². The predicted molar refractivity (Wildman–Crippen MR) is 175 cm³/mol. The lowest BCUT2D eigenvalue weighted by Crippen LogP contribution is -2.50. The van der Waals surface area contributed by atoms with Gasteiger partial charge in [-0.25, -0.2) is 19.0 Å². The molecule has 7 rings (SSSR count). The van der Waals surface area contributed by atoms with Gasteiger partial charge in [0.15, 0.2) is 0 Å². The zero-order valence-electron chi connectivity index (χ0n) is 25.5. The highest BCUT2D eigenvalue weighted by Crippen LogP contribution is 2.22. The Kier molecular flexibility index (Phi) is 8.05. The van der Waals surface area contributed by atoms with Crippen molar-refractivity contribution in [3.63, 3.8) is 0 Å². The zero-order valence-corrected chi connectivity index (χ0v) is 25.5. The molecular weight excluding hydrogens is 618 g/mol. The Hall–Kier alpha value is -6.04. The SMILES string of the molecule is O=C(c1cc(Cc2n[nH]c(=O)c3ccccc23)ccc1F)N1CCN(C(=O)c2cc(Cc3n[nH]c(=O)c4ccccc34)ccc2F)CC1. The Morgan fingerprint density at radius 1 is 0.583 bits per heavy atom. The largest absolute Gasteiger partial charge is 0.335 e. The Balaban J connectivity index is 1.04. The quantitative estimate of drug-likeness (QED) is 0.279. The van der Waals surface area contributed by atoms with Crippen molar-refractivity contribution in [3.05, 3.63) is 151 Å². The fourth-order valence-electron chi connectivity index (χ4n) is 6.15. The second-order valence-electron chi connectivity index (χ2n) is 11.7. The van der Waals surface area contributed by atoms with Crippen LogP contribution in [0.2, 0.25) is 0 Å². The summed E-state index contributed by atoms with van der Waals surface area (Å²) in [5.41, 5.74) is 1.61. The third kappa shape index (κ3) is 5.83. The summed E-state index contributed by atoms with van der Waals surface area (Å²) >= 11 is 0. The van der Waals surface area contributed by atoms with Crippen LogP contribution in [0.5, 0.6) is 0 Å². The van der Waals surface area contributed by atoms with Crippen LogP contribution in [0.15, 0.2) is 94.5 Å². The molecule has 12 heteroatoms. The number of amides is 2. The van der Waals surface area contributed by atoms with Crippen molar-refractivity contribution in [3.8, 4) is 0 Å². The number of hydrogen-bond donors (Lipinski definition) is 2. The van der Waals surface area contributed by atoms with Gasteiger partial charge >= 0.3 is 0 Å². The number of aromatic nitrogens is 4. The molecule has 2 N–H and O–H groups in total. The smallest absolute Gasteiger partial charge is 0.272 e. The molecule has 1 aliphatic rings. The average Bonchev–Trinajstić information content (AvgIpc) is 3.12. The second kappa shape index (κ2) is 12.6. The summed E-state index contributed by atoms with van der Waals surface area (Å²) < 4.78 is 29.9. The number of aromatic amines is 2. The Morgan fingerprint density at radius 3 is 1.35 bits per heavy atom. The summed E-state index contributed by atoms with van der Waals surface area (Å²) in [7, 11) is 0. The minimum Gasteiger partial charge on any atom is -0.335 e. The van der Waals surface area contributed by atoms with Crippen LogP contribution in [-0.4, -0.2) is 68.2 Å². The molecule has 10 nitrogen and oxygen atoms in total. The van der Waals surface area contributed by atoms with E-state index in [0.717, 1.165) is 0 Å². The molecule has 0 saturated carbocycles. The molecule has 48 heavy (non-hydrogen) atoms. The van der Waals surface area contributed by atoms with Crippen LogP contribution in [-0.2, 0) is 12.8 Å². The van der Waals surface area contributed by atoms with Crippen LogP contribution >= 0.6 is 0 Å². The number of nitrogens with zero attached hydrogens (tertiary/aromatic N) is 4. The molecule has 0 radical (unpaired) electrons. The maximum absolute atomic E-state index is 15.0. The van der Waals surface area contributed by atoms with Gasteiger partial charge in [-0.2, -0.15) is 10.2 Å². The van der Waals surface area contributed by atoms with Gasteiger partial charge in [0.2, 0.25) is 0 Å². The van der Waals surface area contributed by atoms with Gasteiger partial charge in [-0.3, -0.25) is 19.2 Å². The van der Waals surface area contributed by atoms with Crippen molar-refractivity contribution in [1.29, 1.82) is 0 Å². The lowest BCUT2D eigenvalue weighted by Gasteiger charge is -2.35. The minimum absolute atomic E-state index is 0.108. The first-order valence-corrected chi connectivity index (χ1v) is 15.3.